The lowest BCUT2D eigenvalue weighted by Gasteiger charge is -2.25. The molecule has 0 saturated carbocycles. The number of likely N-dealkylation sites (tertiary alicyclic amines) is 1. The van der Waals surface area contributed by atoms with Gasteiger partial charge in [-0.15, -0.1) is 0 Å². The molecule has 6 rings (SSSR count). The van der Waals surface area contributed by atoms with Gasteiger partial charge in [-0.1, -0.05) is 78.1 Å². The van der Waals surface area contributed by atoms with Crippen molar-refractivity contribution in [3.63, 3.8) is 0 Å². The number of methoxy groups -OCH3 is 1. The maximum Gasteiger partial charge on any atom is 0.338 e. The van der Waals surface area contributed by atoms with Gasteiger partial charge in [0.1, 0.15) is 0 Å². The van der Waals surface area contributed by atoms with Crippen molar-refractivity contribution in [1.82, 2.24) is 9.47 Å². The van der Waals surface area contributed by atoms with Crippen molar-refractivity contribution in [1.29, 1.82) is 0 Å². The van der Waals surface area contributed by atoms with Crippen LogP contribution in [0.25, 0.3) is 11.8 Å². The summed E-state index contributed by atoms with van der Waals surface area (Å²) in [4.78, 5) is 47.3. The summed E-state index contributed by atoms with van der Waals surface area (Å²) in [5, 5.41) is 0. The fraction of sp³-hybridized carbons (Fsp3) is 0.257. The Hall–Kier alpha value is -4.96. The summed E-state index contributed by atoms with van der Waals surface area (Å²) in [7, 11) is 1.53. The van der Waals surface area contributed by atoms with Gasteiger partial charge < -0.3 is 19.1 Å². The first-order chi connectivity index (χ1) is 22.0. The number of carbonyl (C=O) groups excluding carboxylic acids is 2. The van der Waals surface area contributed by atoms with E-state index in [4.69, 9.17) is 19.2 Å². The molecule has 0 bridgehead atoms. The van der Waals surface area contributed by atoms with Crippen LogP contribution in [0, 0.1) is 0 Å². The molecule has 1 fully saturated rings. The predicted molar refractivity (Wildman–Crippen MR) is 172 cm³/mol. The number of carbonyl (C=O) groups is 2. The summed E-state index contributed by atoms with van der Waals surface area (Å²) in [6, 6.07) is 23.5. The van der Waals surface area contributed by atoms with E-state index >= 15 is 0 Å². The van der Waals surface area contributed by atoms with Gasteiger partial charge in [0, 0.05) is 18.7 Å². The van der Waals surface area contributed by atoms with E-state index in [2.05, 4.69) is 0 Å². The summed E-state index contributed by atoms with van der Waals surface area (Å²) in [6.45, 7) is 3.39. The van der Waals surface area contributed by atoms with Crippen LogP contribution in [-0.2, 0) is 14.3 Å². The van der Waals surface area contributed by atoms with Crippen LogP contribution in [0.1, 0.15) is 42.5 Å². The molecule has 1 amide bonds. The zero-order valence-corrected chi connectivity index (χ0v) is 25.9. The molecule has 0 N–H and O–H groups in total. The highest BCUT2D eigenvalue weighted by atomic mass is 32.1. The number of hydrogen-bond donors (Lipinski definition) is 0. The van der Waals surface area contributed by atoms with Gasteiger partial charge in [-0.3, -0.25) is 14.2 Å². The summed E-state index contributed by atoms with van der Waals surface area (Å²) in [5.74, 6) is 0.319. The van der Waals surface area contributed by atoms with Crippen molar-refractivity contribution in [3.8, 4) is 11.5 Å². The van der Waals surface area contributed by atoms with E-state index in [1.54, 1.807) is 34.6 Å². The van der Waals surface area contributed by atoms with Crippen LogP contribution in [0.5, 0.6) is 11.5 Å². The van der Waals surface area contributed by atoms with Gasteiger partial charge >= 0.3 is 5.97 Å². The number of ether oxygens (including phenoxy) is 3. The van der Waals surface area contributed by atoms with Crippen LogP contribution in [0.15, 0.2) is 94.2 Å². The zero-order valence-electron chi connectivity index (χ0n) is 25.1. The molecule has 0 spiro atoms. The second-order valence-corrected chi connectivity index (χ2v) is 11.6. The molecule has 1 saturated heterocycles. The normalized spacial score (nSPS) is 16.3. The molecule has 10 heteroatoms. The first-order valence-corrected chi connectivity index (χ1v) is 15.7. The third-order valence-electron chi connectivity index (χ3n) is 7.78. The molecule has 45 heavy (non-hydrogen) atoms. The Morgan fingerprint density at radius 3 is 2.38 bits per heavy atom. The number of esters is 1. The fourth-order valence-corrected chi connectivity index (χ4v) is 6.63. The highest BCUT2D eigenvalue weighted by Crippen LogP contribution is 2.35. The molecule has 230 valence electrons. The summed E-state index contributed by atoms with van der Waals surface area (Å²) >= 11 is 1.25. The highest BCUT2D eigenvalue weighted by Gasteiger charge is 2.35. The van der Waals surface area contributed by atoms with Crippen molar-refractivity contribution in [2.75, 3.05) is 33.4 Å². The van der Waals surface area contributed by atoms with Gasteiger partial charge in [0.25, 0.3) is 11.5 Å². The average Bonchev–Trinajstić information content (AvgIpc) is 3.72. The molecule has 0 radical (unpaired) electrons. The van der Waals surface area contributed by atoms with E-state index in [1.165, 1.54) is 18.4 Å². The number of aromatic nitrogens is 1. The van der Waals surface area contributed by atoms with Gasteiger partial charge in [0.05, 0.1) is 35.6 Å². The summed E-state index contributed by atoms with van der Waals surface area (Å²) in [5.41, 5.74) is 2.73. The number of rotatable bonds is 9. The third-order valence-corrected chi connectivity index (χ3v) is 8.77. The lowest BCUT2D eigenvalue weighted by molar-refractivity contribution is -0.139. The number of nitrogens with zero attached hydrogens (tertiary/aromatic N) is 3. The number of fused-ring (bicyclic) bond motifs is 1. The Balaban J connectivity index is 1.43. The van der Waals surface area contributed by atoms with E-state index in [-0.39, 0.29) is 24.7 Å². The highest BCUT2D eigenvalue weighted by molar-refractivity contribution is 7.07. The van der Waals surface area contributed by atoms with Crippen LogP contribution >= 0.6 is 11.3 Å². The summed E-state index contributed by atoms with van der Waals surface area (Å²) < 4.78 is 18.9. The van der Waals surface area contributed by atoms with E-state index in [0.717, 1.165) is 37.1 Å². The standard InChI is InChI=1S/C35H33N3O6S/c1-3-43-34(41)30-31(24-12-6-4-7-13-24)36-35-38(32(30)25-14-8-5-9-15-25)33(40)28(45-35)21-23-16-17-26(27(20-23)42-2)44-22-29(39)37-18-10-11-19-37/h4-9,12-17,20-21,32H,3,10-11,18-19,22H2,1-2H3/b28-21+/t32-/m1/s1. The molecule has 3 heterocycles. The van der Waals surface area contributed by atoms with Gasteiger partial charge in [0.15, 0.2) is 22.9 Å². The second kappa shape index (κ2) is 13.4. The minimum absolute atomic E-state index is 0.0511. The Morgan fingerprint density at radius 2 is 1.69 bits per heavy atom. The quantitative estimate of drug-likeness (QED) is 0.262. The van der Waals surface area contributed by atoms with Crippen molar-refractivity contribution in [2.24, 2.45) is 4.99 Å². The molecule has 4 aromatic rings. The van der Waals surface area contributed by atoms with Crippen LogP contribution in [0.2, 0.25) is 0 Å². The SMILES string of the molecule is CCOC(=O)C1=C(c2ccccc2)N=c2s/c(=C/c3ccc(OCC(=O)N4CCCC4)c(OC)c3)c(=O)n2[C@@H]1c1ccccc1. The minimum atomic E-state index is -0.739. The monoisotopic (exact) mass is 623 g/mol. The van der Waals surface area contributed by atoms with E-state index in [9.17, 15) is 14.4 Å². The van der Waals surface area contributed by atoms with E-state index in [1.807, 2.05) is 66.7 Å². The molecule has 1 aromatic heterocycles. The van der Waals surface area contributed by atoms with Gasteiger partial charge in [0.2, 0.25) is 0 Å². The molecule has 0 unspecified atom stereocenters. The number of amides is 1. The molecule has 9 nitrogen and oxygen atoms in total. The number of hydrogen-bond acceptors (Lipinski definition) is 8. The Bertz CT molecular complexity index is 1930. The van der Waals surface area contributed by atoms with E-state index < -0.39 is 12.0 Å². The third kappa shape index (κ3) is 6.19. The topological polar surface area (TPSA) is 99.4 Å². The van der Waals surface area contributed by atoms with Gasteiger partial charge in [-0.25, -0.2) is 9.79 Å². The van der Waals surface area contributed by atoms with Crippen LogP contribution in [0.4, 0.5) is 0 Å². The molecular weight excluding hydrogens is 590 g/mol. The zero-order chi connectivity index (χ0) is 31.3. The number of benzene rings is 3. The molecule has 2 aliphatic rings. The Morgan fingerprint density at radius 1 is 0.978 bits per heavy atom. The van der Waals surface area contributed by atoms with Crippen LogP contribution in [-0.4, -0.2) is 54.8 Å². The minimum Gasteiger partial charge on any atom is -0.493 e. The maximum atomic E-state index is 14.1. The molecule has 3 aromatic carbocycles. The van der Waals surface area contributed by atoms with Crippen LogP contribution < -0.4 is 24.4 Å². The smallest absolute Gasteiger partial charge is 0.338 e. The summed E-state index contributed by atoms with van der Waals surface area (Å²) in [6.07, 6.45) is 3.79. The van der Waals surface area contributed by atoms with Crippen molar-refractivity contribution in [3.05, 3.63) is 121 Å². The first-order valence-electron chi connectivity index (χ1n) is 14.9. The van der Waals surface area contributed by atoms with Crippen LogP contribution in [0.3, 0.4) is 0 Å². The molecule has 1 atom stereocenters. The Kier molecular flexibility index (Phi) is 8.93. The average molecular weight is 624 g/mol. The first kappa shape index (κ1) is 30.1. The van der Waals surface area contributed by atoms with Crippen molar-refractivity contribution in [2.45, 2.75) is 25.8 Å². The van der Waals surface area contributed by atoms with Gasteiger partial charge in [-0.05, 0) is 49.1 Å². The predicted octanol–water partition coefficient (Wildman–Crippen LogP) is 3.95. The molecule has 2 aliphatic heterocycles. The Labute approximate surface area is 264 Å². The van der Waals surface area contributed by atoms with Crippen molar-refractivity contribution < 1.29 is 23.8 Å². The van der Waals surface area contributed by atoms with Gasteiger partial charge in [-0.2, -0.15) is 0 Å². The maximum absolute atomic E-state index is 14.1. The molecule has 0 aliphatic carbocycles. The largest absolute Gasteiger partial charge is 0.493 e. The fourth-order valence-electron chi connectivity index (χ4n) is 5.63. The van der Waals surface area contributed by atoms with Crippen molar-refractivity contribution >= 4 is 35.0 Å². The lowest BCUT2D eigenvalue weighted by atomic mass is 9.93. The number of thiazole rings is 1. The second-order valence-electron chi connectivity index (χ2n) is 10.6. The van der Waals surface area contributed by atoms with E-state index in [0.29, 0.717) is 37.7 Å². The lowest BCUT2D eigenvalue weighted by Crippen LogP contribution is -2.39. The molecular formula is C35H33N3O6S.